The van der Waals surface area contributed by atoms with Crippen LogP contribution in [0.25, 0.3) is 0 Å². The smallest absolute Gasteiger partial charge is 0.229 e. The normalized spacial score (nSPS) is 10.6. The summed E-state index contributed by atoms with van der Waals surface area (Å²) in [6.45, 7) is 2.55. The van der Waals surface area contributed by atoms with E-state index in [0.29, 0.717) is 29.3 Å². The van der Waals surface area contributed by atoms with Gasteiger partial charge in [-0.15, -0.1) is 10.2 Å². The van der Waals surface area contributed by atoms with Crippen LogP contribution < -0.4 is 20.7 Å². The van der Waals surface area contributed by atoms with Crippen molar-refractivity contribution >= 4 is 45.8 Å². The molecule has 3 aromatic rings. The Balaban J connectivity index is 1.65. The van der Waals surface area contributed by atoms with Crippen LogP contribution in [-0.2, 0) is 5.75 Å². The third-order valence-electron chi connectivity index (χ3n) is 3.25. The summed E-state index contributed by atoms with van der Waals surface area (Å²) in [5.74, 6) is 2.64. The molecule has 0 spiro atoms. The zero-order valence-corrected chi connectivity index (χ0v) is 16.8. The highest BCUT2D eigenvalue weighted by atomic mass is 32.2. The summed E-state index contributed by atoms with van der Waals surface area (Å²) in [6.07, 6.45) is 0. The molecule has 9 nitrogen and oxygen atoms in total. The van der Waals surface area contributed by atoms with Gasteiger partial charge in [0.1, 0.15) is 11.6 Å². The van der Waals surface area contributed by atoms with Crippen molar-refractivity contribution in [2.75, 3.05) is 36.7 Å². The minimum absolute atomic E-state index is 0.205. The van der Waals surface area contributed by atoms with E-state index >= 15 is 0 Å². The van der Waals surface area contributed by atoms with Crippen molar-refractivity contribution in [3.8, 4) is 5.75 Å². The molecular weight excluding hydrogens is 384 g/mol. The summed E-state index contributed by atoms with van der Waals surface area (Å²) in [7, 11) is 3.71. The molecule has 27 heavy (non-hydrogen) atoms. The number of nitrogens with one attached hydrogen (secondary N) is 1. The average Bonchev–Trinajstić information content (AvgIpc) is 3.09. The molecule has 0 bridgehead atoms. The lowest BCUT2D eigenvalue weighted by atomic mass is 10.3. The fourth-order valence-electron chi connectivity index (χ4n) is 2.10. The molecular formula is C16H20N8OS2. The molecule has 3 rings (SSSR count). The lowest BCUT2D eigenvalue weighted by Crippen LogP contribution is -2.15. The molecule has 0 saturated carbocycles. The van der Waals surface area contributed by atoms with Crippen molar-refractivity contribution < 1.29 is 4.74 Å². The highest BCUT2D eigenvalue weighted by molar-refractivity contribution is 8.00. The van der Waals surface area contributed by atoms with Crippen molar-refractivity contribution in [2.45, 2.75) is 17.0 Å². The summed E-state index contributed by atoms with van der Waals surface area (Å²) in [4.78, 5) is 14.4. The average molecular weight is 405 g/mol. The van der Waals surface area contributed by atoms with E-state index in [1.54, 1.807) is 4.90 Å². The van der Waals surface area contributed by atoms with E-state index in [1.165, 1.54) is 23.1 Å². The Morgan fingerprint density at radius 1 is 1.19 bits per heavy atom. The fraction of sp³-hybridized carbons (Fsp3) is 0.312. The standard InChI is InChI=1S/C16H20N8OS2/c1-4-25-11-8-6-5-7-10(11)18-15-22-23-16(27-15)26-9-12-19-13(17)21-14(20-12)24(2)3/h5-8H,4,9H2,1-3H3,(H,18,22)(H2,17,19,20,21). The van der Waals surface area contributed by atoms with Gasteiger partial charge in [-0.05, 0) is 19.1 Å². The number of ether oxygens (including phenoxy) is 1. The van der Waals surface area contributed by atoms with Gasteiger partial charge in [0, 0.05) is 14.1 Å². The minimum atomic E-state index is 0.205. The Morgan fingerprint density at radius 2 is 2.00 bits per heavy atom. The molecule has 3 N–H and O–H groups in total. The molecule has 2 heterocycles. The van der Waals surface area contributed by atoms with Crippen LogP contribution in [0.5, 0.6) is 5.75 Å². The molecule has 2 aromatic heterocycles. The Bertz CT molecular complexity index is 902. The number of nitrogen functional groups attached to an aromatic ring is 1. The first kappa shape index (κ1) is 19.1. The van der Waals surface area contributed by atoms with Crippen molar-refractivity contribution in [1.82, 2.24) is 25.1 Å². The van der Waals surface area contributed by atoms with E-state index in [1.807, 2.05) is 45.3 Å². The summed E-state index contributed by atoms with van der Waals surface area (Å²) in [6, 6.07) is 7.72. The number of anilines is 4. The number of para-hydroxylation sites is 2. The number of hydrogen-bond acceptors (Lipinski definition) is 11. The Kier molecular flexibility index (Phi) is 6.24. The molecule has 11 heteroatoms. The monoisotopic (exact) mass is 404 g/mol. The second-order valence-corrected chi connectivity index (χ2v) is 7.72. The van der Waals surface area contributed by atoms with E-state index in [-0.39, 0.29) is 5.95 Å². The lowest BCUT2D eigenvalue weighted by molar-refractivity contribution is 0.342. The molecule has 0 radical (unpaired) electrons. The highest BCUT2D eigenvalue weighted by Gasteiger charge is 2.11. The maximum Gasteiger partial charge on any atom is 0.229 e. The van der Waals surface area contributed by atoms with Gasteiger partial charge in [-0.2, -0.15) is 15.0 Å². The zero-order valence-electron chi connectivity index (χ0n) is 15.2. The SMILES string of the molecule is CCOc1ccccc1Nc1nnc(SCc2nc(N)nc(N(C)C)n2)s1. The summed E-state index contributed by atoms with van der Waals surface area (Å²) >= 11 is 2.94. The van der Waals surface area contributed by atoms with Gasteiger partial charge in [-0.1, -0.05) is 35.2 Å². The van der Waals surface area contributed by atoms with E-state index in [0.717, 1.165) is 15.8 Å². The quantitative estimate of drug-likeness (QED) is 0.543. The van der Waals surface area contributed by atoms with Gasteiger partial charge in [-0.25, -0.2) is 0 Å². The molecule has 0 amide bonds. The summed E-state index contributed by atoms with van der Waals surface area (Å²) in [5, 5.41) is 12.3. The fourth-order valence-corrected chi connectivity index (χ4v) is 3.72. The first-order valence-electron chi connectivity index (χ1n) is 8.18. The van der Waals surface area contributed by atoms with Gasteiger partial charge in [-0.3, -0.25) is 0 Å². The van der Waals surface area contributed by atoms with Crippen LogP contribution in [0.1, 0.15) is 12.7 Å². The molecule has 1 aromatic carbocycles. The largest absolute Gasteiger partial charge is 0.492 e. The topological polar surface area (TPSA) is 115 Å². The maximum atomic E-state index is 5.75. The van der Waals surface area contributed by atoms with Crippen LogP contribution in [0, 0.1) is 0 Å². The van der Waals surface area contributed by atoms with Gasteiger partial charge >= 0.3 is 0 Å². The Morgan fingerprint density at radius 3 is 2.78 bits per heavy atom. The van der Waals surface area contributed by atoms with E-state index in [2.05, 4.69) is 30.5 Å². The molecule has 0 saturated heterocycles. The Labute approximate surface area is 165 Å². The minimum Gasteiger partial charge on any atom is -0.492 e. The highest BCUT2D eigenvalue weighted by Crippen LogP contribution is 2.32. The van der Waals surface area contributed by atoms with Gasteiger partial charge in [0.05, 0.1) is 18.0 Å². The molecule has 0 unspecified atom stereocenters. The van der Waals surface area contributed by atoms with Gasteiger partial charge in [0.15, 0.2) is 4.34 Å². The van der Waals surface area contributed by atoms with Gasteiger partial charge < -0.3 is 20.7 Å². The van der Waals surface area contributed by atoms with Crippen molar-refractivity contribution in [3.05, 3.63) is 30.1 Å². The first-order chi connectivity index (χ1) is 13.0. The molecule has 0 atom stereocenters. The molecule has 142 valence electrons. The van der Waals surface area contributed by atoms with Crippen LogP contribution in [0.15, 0.2) is 28.6 Å². The summed E-state index contributed by atoms with van der Waals surface area (Å²) in [5.41, 5.74) is 6.60. The second-order valence-electron chi connectivity index (χ2n) is 5.52. The third-order valence-corrected chi connectivity index (χ3v) is 5.21. The van der Waals surface area contributed by atoms with Crippen LogP contribution in [0.3, 0.4) is 0 Å². The second kappa shape index (κ2) is 8.82. The van der Waals surface area contributed by atoms with Crippen LogP contribution >= 0.6 is 23.1 Å². The van der Waals surface area contributed by atoms with Crippen LogP contribution in [0.4, 0.5) is 22.7 Å². The predicted molar refractivity (Wildman–Crippen MR) is 109 cm³/mol. The van der Waals surface area contributed by atoms with Crippen LogP contribution in [0.2, 0.25) is 0 Å². The number of hydrogen-bond donors (Lipinski definition) is 2. The first-order valence-corrected chi connectivity index (χ1v) is 9.98. The number of nitrogens with zero attached hydrogens (tertiary/aromatic N) is 6. The lowest BCUT2D eigenvalue weighted by Gasteiger charge is -2.10. The van der Waals surface area contributed by atoms with Crippen molar-refractivity contribution in [1.29, 1.82) is 0 Å². The van der Waals surface area contributed by atoms with Gasteiger partial charge in [0.2, 0.25) is 17.0 Å². The third kappa shape index (κ3) is 5.17. The van der Waals surface area contributed by atoms with Crippen molar-refractivity contribution in [3.63, 3.8) is 0 Å². The van der Waals surface area contributed by atoms with E-state index in [9.17, 15) is 0 Å². The number of aromatic nitrogens is 5. The predicted octanol–water partition coefficient (Wildman–Crippen LogP) is 2.81. The number of rotatable bonds is 8. The summed E-state index contributed by atoms with van der Waals surface area (Å²) < 4.78 is 6.42. The molecule has 0 aliphatic carbocycles. The number of thioether (sulfide) groups is 1. The van der Waals surface area contributed by atoms with E-state index in [4.69, 9.17) is 10.5 Å². The molecule has 0 aliphatic rings. The maximum absolute atomic E-state index is 5.75. The van der Waals surface area contributed by atoms with Crippen molar-refractivity contribution in [2.24, 2.45) is 0 Å². The molecule has 0 aliphatic heterocycles. The van der Waals surface area contributed by atoms with Gasteiger partial charge in [0.25, 0.3) is 0 Å². The number of nitrogens with two attached hydrogens (primary N) is 1. The zero-order chi connectivity index (χ0) is 19.2. The van der Waals surface area contributed by atoms with Crippen LogP contribution in [-0.4, -0.2) is 45.9 Å². The Hall–Kier alpha value is -2.66. The van der Waals surface area contributed by atoms with E-state index < -0.39 is 0 Å². The molecule has 0 fully saturated rings. The number of benzene rings is 1.